The zero-order chi connectivity index (χ0) is 14.4. The van der Waals surface area contributed by atoms with Gasteiger partial charge in [-0.25, -0.2) is 9.97 Å². The summed E-state index contributed by atoms with van der Waals surface area (Å²) >= 11 is 0. The number of nitrogens with zero attached hydrogens (tertiary/aromatic N) is 4. The molecule has 0 saturated carbocycles. The fourth-order valence-electron chi connectivity index (χ4n) is 1.77. The fraction of sp³-hybridized carbons (Fsp3) is 0.615. The van der Waals surface area contributed by atoms with Crippen LogP contribution in [0, 0.1) is 5.92 Å². The van der Waals surface area contributed by atoms with Crippen LogP contribution in [0.4, 0.5) is 11.6 Å². The first-order valence-corrected chi connectivity index (χ1v) is 6.36. The number of hydrogen-bond acceptors (Lipinski definition) is 5. The molecule has 1 aromatic rings. The van der Waals surface area contributed by atoms with Gasteiger partial charge in [-0.1, -0.05) is 13.8 Å². The summed E-state index contributed by atoms with van der Waals surface area (Å²) in [6.45, 7) is 5.64. The topological polar surface area (TPSA) is 69.6 Å². The van der Waals surface area contributed by atoms with Gasteiger partial charge in [-0.2, -0.15) is 0 Å². The molecule has 0 fully saturated rings. The van der Waals surface area contributed by atoms with Crippen LogP contribution in [-0.4, -0.2) is 48.2 Å². The predicted molar refractivity (Wildman–Crippen MR) is 75.7 cm³/mol. The number of anilines is 2. The van der Waals surface area contributed by atoms with Crippen molar-refractivity contribution in [2.24, 2.45) is 5.92 Å². The molecule has 0 saturated heterocycles. The molecule has 0 aliphatic heterocycles. The maximum Gasteiger partial charge on any atom is 0.305 e. The second-order valence-electron chi connectivity index (χ2n) is 5.07. The maximum atomic E-state index is 10.6. The monoisotopic (exact) mass is 266 g/mol. The van der Waals surface area contributed by atoms with Crippen molar-refractivity contribution < 1.29 is 9.90 Å². The lowest BCUT2D eigenvalue weighted by Gasteiger charge is -2.22. The van der Waals surface area contributed by atoms with Crippen molar-refractivity contribution in [2.45, 2.75) is 20.3 Å². The molecule has 0 aromatic carbocycles. The van der Waals surface area contributed by atoms with E-state index in [-0.39, 0.29) is 6.42 Å². The molecular formula is C13H22N4O2. The first-order valence-electron chi connectivity index (χ1n) is 6.36. The van der Waals surface area contributed by atoms with E-state index in [0.29, 0.717) is 12.5 Å². The summed E-state index contributed by atoms with van der Waals surface area (Å²) in [5.74, 6) is 1.33. The molecular weight excluding hydrogens is 244 g/mol. The van der Waals surface area contributed by atoms with Gasteiger partial charge in [-0.05, 0) is 5.92 Å². The van der Waals surface area contributed by atoms with Crippen LogP contribution in [0.5, 0.6) is 0 Å². The zero-order valence-corrected chi connectivity index (χ0v) is 12.0. The summed E-state index contributed by atoms with van der Waals surface area (Å²) in [5, 5.41) is 8.68. The van der Waals surface area contributed by atoms with Crippen molar-refractivity contribution in [1.29, 1.82) is 0 Å². The SMILES string of the molecule is CC(C)CN(C)c1cc(N(C)CCC(=O)O)ncn1. The molecule has 0 unspecified atom stereocenters. The van der Waals surface area contributed by atoms with Crippen molar-refractivity contribution in [1.82, 2.24) is 9.97 Å². The number of carboxylic acids is 1. The quantitative estimate of drug-likeness (QED) is 0.806. The average Bonchev–Trinajstić information content (AvgIpc) is 2.35. The van der Waals surface area contributed by atoms with Gasteiger partial charge in [0, 0.05) is 33.3 Å². The molecule has 1 heterocycles. The summed E-state index contributed by atoms with van der Waals surface area (Å²) < 4.78 is 0. The Labute approximate surface area is 114 Å². The third-order valence-corrected chi connectivity index (χ3v) is 2.72. The van der Waals surface area contributed by atoms with Crippen LogP contribution in [0.3, 0.4) is 0 Å². The molecule has 19 heavy (non-hydrogen) atoms. The van der Waals surface area contributed by atoms with Crippen molar-refractivity contribution in [3.05, 3.63) is 12.4 Å². The van der Waals surface area contributed by atoms with E-state index in [4.69, 9.17) is 5.11 Å². The third-order valence-electron chi connectivity index (χ3n) is 2.72. The minimum atomic E-state index is -0.807. The Morgan fingerprint density at radius 1 is 1.26 bits per heavy atom. The Morgan fingerprint density at radius 2 is 1.84 bits per heavy atom. The molecule has 0 radical (unpaired) electrons. The van der Waals surface area contributed by atoms with Gasteiger partial charge in [0.25, 0.3) is 0 Å². The highest BCUT2D eigenvalue weighted by molar-refractivity contribution is 5.67. The minimum absolute atomic E-state index is 0.0949. The van der Waals surface area contributed by atoms with Crippen LogP contribution in [0.15, 0.2) is 12.4 Å². The van der Waals surface area contributed by atoms with Gasteiger partial charge in [-0.15, -0.1) is 0 Å². The lowest BCUT2D eigenvalue weighted by molar-refractivity contribution is -0.136. The van der Waals surface area contributed by atoms with Gasteiger partial charge in [0.15, 0.2) is 0 Å². The van der Waals surface area contributed by atoms with E-state index < -0.39 is 5.97 Å². The number of carboxylic acid groups (broad SMARTS) is 1. The van der Waals surface area contributed by atoms with E-state index in [1.54, 1.807) is 0 Å². The first-order chi connectivity index (χ1) is 8.90. The van der Waals surface area contributed by atoms with E-state index in [2.05, 4.69) is 28.7 Å². The Kier molecular flexibility index (Phi) is 5.54. The summed E-state index contributed by atoms with van der Waals surface area (Å²) in [4.78, 5) is 22.9. The molecule has 0 aliphatic carbocycles. The Morgan fingerprint density at radius 3 is 2.37 bits per heavy atom. The van der Waals surface area contributed by atoms with Gasteiger partial charge in [0.05, 0.1) is 6.42 Å². The van der Waals surface area contributed by atoms with E-state index in [1.165, 1.54) is 6.33 Å². The van der Waals surface area contributed by atoms with Crippen LogP contribution in [-0.2, 0) is 4.79 Å². The highest BCUT2D eigenvalue weighted by atomic mass is 16.4. The normalized spacial score (nSPS) is 10.6. The van der Waals surface area contributed by atoms with Gasteiger partial charge in [0.1, 0.15) is 18.0 Å². The number of carbonyl (C=O) groups is 1. The molecule has 106 valence electrons. The Bertz CT molecular complexity index is 423. The van der Waals surface area contributed by atoms with E-state index in [1.807, 2.05) is 25.1 Å². The van der Waals surface area contributed by atoms with Crippen molar-refractivity contribution in [2.75, 3.05) is 37.0 Å². The van der Waals surface area contributed by atoms with Gasteiger partial charge >= 0.3 is 5.97 Å². The molecule has 6 heteroatoms. The Hall–Kier alpha value is -1.85. The fourth-order valence-corrected chi connectivity index (χ4v) is 1.77. The lowest BCUT2D eigenvalue weighted by atomic mass is 10.2. The van der Waals surface area contributed by atoms with Gasteiger partial charge in [0.2, 0.25) is 0 Å². The molecule has 0 aliphatic rings. The lowest BCUT2D eigenvalue weighted by Crippen LogP contribution is -2.25. The third kappa shape index (κ3) is 5.11. The number of aliphatic carboxylic acids is 1. The van der Waals surface area contributed by atoms with Crippen LogP contribution in [0.25, 0.3) is 0 Å². The smallest absolute Gasteiger partial charge is 0.305 e. The number of aromatic nitrogens is 2. The molecule has 0 spiro atoms. The van der Waals surface area contributed by atoms with Crippen LogP contribution >= 0.6 is 0 Å². The van der Waals surface area contributed by atoms with Crippen LogP contribution in [0.1, 0.15) is 20.3 Å². The summed E-state index contributed by atoms with van der Waals surface area (Å²) in [6.07, 6.45) is 1.61. The van der Waals surface area contributed by atoms with Crippen molar-refractivity contribution >= 4 is 17.6 Å². The second kappa shape index (κ2) is 6.92. The number of rotatable bonds is 7. The molecule has 0 amide bonds. The van der Waals surface area contributed by atoms with E-state index in [9.17, 15) is 4.79 Å². The largest absolute Gasteiger partial charge is 0.481 e. The highest BCUT2D eigenvalue weighted by Crippen LogP contribution is 2.16. The first kappa shape index (κ1) is 15.2. The molecule has 6 nitrogen and oxygen atoms in total. The Balaban J connectivity index is 2.73. The second-order valence-corrected chi connectivity index (χ2v) is 5.07. The molecule has 1 rings (SSSR count). The van der Waals surface area contributed by atoms with Crippen LogP contribution < -0.4 is 9.80 Å². The summed E-state index contributed by atoms with van der Waals surface area (Å²) in [6, 6.07) is 1.88. The molecule has 0 atom stereocenters. The predicted octanol–water partition coefficient (Wildman–Crippen LogP) is 1.48. The summed E-state index contributed by atoms with van der Waals surface area (Å²) in [5.41, 5.74) is 0. The minimum Gasteiger partial charge on any atom is -0.481 e. The molecule has 0 bridgehead atoms. The van der Waals surface area contributed by atoms with E-state index in [0.717, 1.165) is 18.2 Å². The average molecular weight is 266 g/mol. The number of hydrogen-bond donors (Lipinski definition) is 1. The maximum absolute atomic E-state index is 10.6. The van der Waals surface area contributed by atoms with Crippen molar-refractivity contribution in [3.8, 4) is 0 Å². The summed E-state index contributed by atoms with van der Waals surface area (Å²) in [7, 11) is 3.82. The zero-order valence-electron chi connectivity index (χ0n) is 12.0. The van der Waals surface area contributed by atoms with E-state index >= 15 is 0 Å². The van der Waals surface area contributed by atoms with Crippen LogP contribution in [0.2, 0.25) is 0 Å². The molecule has 1 aromatic heterocycles. The standard InChI is InChI=1S/C13H22N4O2/c1-10(2)8-17(4)12-7-11(14-9-15-12)16(3)6-5-13(18)19/h7,9-10H,5-6,8H2,1-4H3,(H,18,19). The van der Waals surface area contributed by atoms with Gasteiger partial charge in [-0.3, -0.25) is 4.79 Å². The van der Waals surface area contributed by atoms with Crippen molar-refractivity contribution in [3.63, 3.8) is 0 Å². The van der Waals surface area contributed by atoms with Gasteiger partial charge < -0.3 is 14.9 Å². The molecule has 1 N–H and O–H groups in total. The highest BCUT2D eigenvalue weighted by Gasteiger charge is 2.09.